The Morgan fingerprint density at radius 2 is 0.911 bits per heavy atom. The number of nitrogens with zero attached hydrogens (tertiary/aromatic N) is 4. The maximum atomic E-state index is 10.5. The largest absolute Gasteiger partial charge is 0.456 e. The number of rotatable bonds is 3. The Morgan fingerprint density at radius 1 is 0.357 bits per heavy atom. The molecule has 12 aromatic rings. The lowest BCUT2D eigenvalue weighted by Gasteiger charge is -2.15. The summed E-state index contributed by atoms with van der Waals surface area (Å²) in [7, 11) is 0. The van der Waals surface area contributed by atoms with Gasteiger partial charge in [-0.25, -0.2) is 0 Å². The predicted octanol–water partition coefficient (Wildman–Crippen LogP) is 13.1. The molecule has 0 aliphatic heterocycles. The molecule has 0 amide bonds. The van der Waals surface area contributed by atoms with Gasteiger partial charge >= 0.3 is 0 Å². The van der Waals surface area contributed by atoms with E-state index in [1.165, 1.54) is 0 Å². The summed E-state index contributed by atoms with van der Waals surface area (Å²) < 4.78 is 17.0. The minimum Gasteiger partial charge on any atom is -0.456 e. The van der Waals surface area contributed by atoms with E-state index < -0.39 is 0 Å². The lowest BCUT2D eigenvalue weighted by molar-refractivity contribution is 0.669. The summed E-state index contributed by atoms with van der Waals surface area (Å²) in [5.74, 6) is 0. The molecule has 0 aliphatic carbocycles. The first-order valence-electron chi connectivity index (χ1n) is 18.5. The molecule has 4 aromatic heterocycles. The van der Waals surface area contributed by atoms with E-state index in [4.69, 9.17) is 8.83 Å². The molecule has 0 unspecified atom stereocenters. The van der Waals surface area contributed by atoms with E-state index in [0.717, 1.165) is 110 Å². The summed E-state index contributed by atoms with van der Waals surface area (Å²) in [6, 6.07) is 58.3. The highest BCUT2D eigenvalue weighted by atomic mass is 16.3. The Morgan fingerprint density at radius 3 is 1.61 bits per heavy atom. The molecule has 0 atom stereocenters. The summed E-state index contributed by atoms with van der Waals surface area (Å²) >= 11 is 0. The van der Waals surface area contributed by atoms with Crippen molar-refractivity contribution in [2.75, 3.05) is 0 Å². The van der Waals surface area contributed by atoms with E-state index in [1.807, 2.05) is 84.9 Å². The van der Waals surface area contributed by atoms with Gasteiger partial charge in [-0.05, 0) is 83.9 Å². The Labute approximate surface area is 318 Å². The normalized spacial score (nSPS) is 11.9. The van der Waals surface area contributed by atoms with Gasteiger partial charge in [0.25, 0.3) is 0 Å². The van der Waals surface area contributed by atoms with Crippen molar-refractivity contribution in [2.24, 2.45) is 0 Å². The number of para-hydroxylation sites is 4. The second-order valence-electron chi connectivity index (χ2n) is 14.3. The highest BCUT2D eigenvalue weighted by Gasteiger charge is 2.22. The zero-order valence-electron chi connectivity index (χ0n) is 29.6. The van der Waals surface area contributed by atoms with Crippen LogP contribution < -0.4 is 0 Å². The van der Waals surface area contributed by atoms with Crippen molar-refractivity contribution in [2.45, 2.75) is 0 Å². The molecule has 6 heteroatoms. The molecular weight excluding hydrogens is 689 g/mol. The van der Waals surface area contributed by atoms with E-state index in [2.05, 4.69) is 94.1 Å². The van der Waals surface area contributed by atoms with Crippen LogP contribution in [0, 0.1) is 22.7 Å². The first-order chi connectivity index (χ1) is 27.7. The van der Waals surface area contributed by atoms with Gasteiger partial charge in [-0.3, -0.25) is 0 Å². The minimum atomic E-state index is 0.557. The average molecular weight is 715 g/mol. The highest BCUT2D eigenvalue weighted by Crippen LogP contribution is 2.43. The number of furan rings is 2. The number of fused-ring (bicyclic) bond motifs is 13. The van der Waals surface area contributed by atoms with Gasteiger partial charge in [0.15, 0.2) is 0 Å². The number of aromatic nitrogens is 2. The summed E-state index contributed by atoms with van der Waals surface area (Å²) in [6.45, 7) is 0. The fraction of sp³-hybridized carbons (Fsp3) is 0. The number of hydrogen-bond donors (Lipinski definition) is 0. The molecule has 8 aromatic carbocycles. The lowest BCUT2D eigenvalue weighted by atomic mass is 9.99. The molecule has 0 spiro atoms. The third-order valence-electron chi connectivity index (χ3n) is 11.4. The predicted molar refractivity (Wildman–Crippen MR) is 225 cm³/mol. The molecule has 0 radical (unpaired) electrons. The van der Waals surface area contributed by atoms with Crippen molar-refractivity contribution >= 4 is 87.5 Å². The van der Waals surface area contributed by atoms with Gasteiger partial charge in [-0.2, -0.15) is 10.5 Å². The summed E-state index contributed by atoms with van der Waals surface area (Å²) in [5.41, 5.74) is 11.8. The molecule has 12 rings (SSSR count). The zero-order chi connectivity index (χ0) is 37.1. The molecule has 0 N–H and O–H groups in total. The number of benzene rings is 8. The molecule has 0 fully saturated rings. The molecular formula is C50H26N4O2. The second-order valence-corrected chi connectivity index (χ2v) is 14.3. The fourth-order valence-electron chi connectivity index (χ4n) is 8.96. The van der Waals surface area contributed by atoms with Gasteiger partial charge < -0.3 is 18.0 Å². The van der Waals surface area contributed by atoms with Crippen molar-refractivity contribution in [1.29, 1.82) is 10.5 Å². The molecule has 4 heterocycles. The third kappa shape index (κ3) is 4.07. The Bertz CT molecular complexity index is 3680. The van der Waals surface area contributed by atoms with Crippen LogP contribution in [-0.4, -0.2) is 9.13 Å². The standard InChI is InChI=1S/C50H26N4O2/c51-27-31-19-17-29(23-42(31)53-40-14-6-2-11-35(40)49-41(53)21-22-47-50(49)36-12-4-8-16-46(36)55-47)30-18-20-32(28-52)43(24-30)54-39-13-5-1-9-33(39)37-26-48-38(25-44(37)54)34-10-3-7-15-45(34)56-48/h1-26H. The fourth-order valence-corrected chi connectivity index (χ4v) is 8.96. The van der Waals surface area contributed by atoms with Crippen LogP contribution in [0.5, 0.6) is 0 Å². The SMILES string of the molecule is N#Cc1ccc(-c2ccc(C#N)c(-n3c4ccccc4c4c5c(ccc43)oc3ccccc35)c2)cc1-n1c2ccccc2c2cc3oc4ccccc4c3cc21. The number of nitriles is 2. The first-order valence-corrected chi connectivity index (χ1v) is 18.5. The average Bonchev–Trinajstić information content (AvgIpc) is 3.99. The van der Waals surface area contributed by atoms with Crippen LogP contribution in [0.25, 0.3) is 110 Å². The Kier molecular flexibility index (Phi) is 6.10. The van der Waals surface area contributed by atoms with E-state index in [1.54, 1.807) is 0 Å². The van der Waals surface area contributed by atoms with Crippen molar-refractivity contribution in [3.8, 4) is 34.6 Å². The van der Waals surface area contributed by atoms with E-state index in [0.29, 0.717) is 11.1 Å². The topological polar surface area (TPSA) is 83.7 Å². The Hall–Kier alpha value is -8.06. The van der Waals surface area contributed by atoms with Crippen molar-refractivity contribution in [3.05, 3.63) is 169 Å². The van der Waals surface area contributed by atoms with Crippen LogP contribution in [0.4, 0.5) is 0 Å². The van der Waals surface area contributed by atoms with Crippen molar-refractivity contribution in [1.82, 2.24) is 9.13 Å². The third-order valence-corrected chi connectivity index (χ3v) is 11.4. The molecule has 6 nitrogen and oxygen atoms in total. The van der Waals surface area contributed by atoms with Crippen LogP contribution >= 0.6 is 0 Å². The van der Waals surface area contributed by atoms with E-state index in [-0.39, 0.29) is 0 Å². The summed E-state index contributed by atoms with van der Waals surface area (Å²) in [4.78, 5) is 0. The maximum Gasteiger partial charge on any atom is 0.136 e. The quantitative estimate of drug-likeness (QED) is 0.182. The van der Waals surface area contributed by atoms with Gasteiger partial charge in [-0.15, -0.1) is 0 Å². The minimum absolute atomic E-state index is 0.557. The maximum absolute atomic E-state index is 10.5. The van der Waals surface area contributed by atoms with E-state index >= 15 is 0 Å². The molecule has 0 saturated carbocycles. The lowest BCUT2D eigenvalue weighted by Crippen LogP contribution is -2.00. The summed E-state index contributed by atoms with van der Waals surface area (Å²) in [5, 5.41) is 29.6. The molecule has 0 aliphatic rings. The number of hydrogen-bond acceptors (Lipinski definition) is 4. The highest BCUT2D eigenvalue weighted by molar-refractivity contribution is 6.27. The van der Waals surface area contributed by atoms with Crippen LogP contribution in [0.15, 0.2) is 167 Å². The van der Waals surface area contributed by atoms with Crippen molar-refractivity contribution < 1.29 is 8.83 Å². The van der Waals surface area contributed by atoms with Gasteiger partial charge in [0.1, 0.15) is 34.5 Å². The molecule has 0 saturated heterocycles. The van der Waals surface area contributed by atoms with Gasteiger partial charge in [0, 0.05) is 43.1 Å². The van der Waals surface area contributed by atoms with Gasteiger partial charge in [-0.1, -0.05) is 84.9 Å². The van der Waals surface area contributed by atoms with Crippen LogP contribution in [0.2, 0.25) is 0 Å². The van der Waals surface area contributed by atoms with Crippen LogP contribution in [0.1, 0.15) is 11.1 Å². The monoisotopic (exact) mass is 714 g/mol. The van der Waals surface area contributed by atoms with Crippen LogP contribution in [0.3, 0.4) is 0 Å². The first kappa shape index (κ1) is 30.4. The molecule has 56 heavy (non-hydrogen) atoms. The van der Waals surface area contributed by atoms with Gasteiger partial charge in [0.05, 0.1) is 44.6 Å². The second kappa shape index (κ2) is 11.2. The molecule has 258 valence electrons. The molecule has 0 bridgehead atoms. The van der Waals surface area contributed by atoms with E-state index in [9.17, 15) is 10.5 Å². The van der Waals surface area contributed by atoms with Gasteiger partial charge in [0.2, 0.25) is 0 Å². The summed E-state index contributed by atoms with van der Waals surface area (Å²) in [6.07, 6.45) is 0. The van der Waals surface area contributed by atoms with Crippen LogP contribution in [-0.2, 0) is 0 Å². The van der Waals surface area contributed by atoms with Crippen molar-refractivity contribution in [3.63, 3.8) is 0 Å². The Balaban J connectivity index is 1.11. The zero-order valence-corrected chi connectivity index (χ0v) is 29.6. The smallest absolute Gasteiger partial charge is 0.136 e.